The molecule has 1 aliphatic heterocycles. The summed E-state index contributed by atoms with van der Waals surface area (Å²) in [6.45, 7) is 1.02. The van der Waals surface area contributed by atoms with Gasteiger partial charge in [0, 0.05) is 17.1 Å². The molecule has 1 unspecified atom stereocenters. The number of benzene rings is 2. The largest absolute Gasteiger partial charge is 0.497 e. The van der Waals surface area contributed by atoms with Gasteiger partial charge in [0.05, 0.1) is 13.2 Å². The number of hydrogen-bond donors (Lipinski definition) is 0. The van der Waals surface area contributed by atoms with Crippen molar-refractivity contribution in [3.8, 4) is 5.75 Å². The summed E-state index contributed by atoms with van der Waals surface area (Å²) in [6.07, 6.45) is 1.04. The Bertz CT molecular complexity index is 783. The Morgan fingerprint density at radius 1 is 1.04 bits per heavy atom. The lowest BCUT2D eigenvalue weighted by Gasteiger charge is -2.38. The molecule has 4 rings (SSSR count). The molecule has 23 heavy (non-hydrogen) atoms. The van der Waals surface area contributed by atoms with Crippen LogP contribution in [-0.2, 0) is 6.42 Å². The van der Waals surface area contributed by atoms with Crippen molar-refractivity contribution in [2.24, 2.45) is 0 Å². The first-order chi connectivity index (χ1) is 11.4. The molecule has 1 aromatic heterocycles. The highest BCUT2D eigenvalue weighted by Crippen LogP contribution is 2.40. The quantitative estimate of drug-likeness (QED) is 0.679. The minimum absolute atomic E-state index is 0.284. The van der Waals surface area contributed by atoms with Gasteiger partial charge in [-0.3, -0.25) is 0 Å². The highest BCUT2D eigenvalue weighted by Gasteiger charge is 2.29. The van der Waals surface area contributed by atoms with E-state index in [0.29, 0.717) is 0 Å². The van der Waals surface area contributed by atoms with Crippen molar-refractivity contribution in [3.63, 3.8) is 0 Å². The van der Waals surface area contributed by atoms with Crippen LogP contribution in [0.2, 0.25) is 0 Å². The van der Waals surface area contributed by atoms with Crippen molar-refractivity contribution >= 4 is 17.0 Å². The molecule has 0 saturated carbocycles. The molecule has 0 radical (unpaired) electrons. The molecule has 3 heteroatoms. The highest BCUT2D eigenvalue weighted by molar-refractivity contribution is 7.10. The lowest BCUT2D eigenvalue weighted by molar-refractivity contribution is 0.413. The van der Waals surface area contributed by atoms with Gasteiger partial charge >= 0.3 is 0 Å². The minimum Gasteiger partial charge on any atom is -0.497 e. The van der Waals surface area contributed by atoms with E-state index in [9.17, 15) is 0 Å². The molecular formula is C20H19NOS. The molecule has 0 saturated heterocycles. The monoisotopic (exact) mass is 321 g/mol. The van der Waals surface area contributed by atoms with E-state index < -0.39 is 0 Å². The maximum atomic E-state index is 5.41. The summed E-state index contributed by atoms with van der Waals surface area (Å²) in [7, 11) is 1.73. The second kappa shape index (κ2) is 6.09. The summed E-state index contributed by atoms with van der Waals surface area (Å²) >= 11 is 1.83. The summed E-state index contributed by atoms with van der Waals surface area (Å²) in [5.41, 5.74) is 4.07. The van der Waals surface area contributed by atoms with Crippen LogP contribution >= 0.6 is 11.3 Å². The molecule has 0 amide bonds. The van der Waals surface area contributed by atoms with Gasteiger partial charge in [0.15, 0.2) is 0 Å². The molecule has 0 spiro atoms. The van der Waals surface area contributed by atoms with Gasteiger partial charge in [-0.1, -0.05) is 30.3 Å². The number of ether oxygens (including phenoxy) is 1. The lowest BCUT2D eigenvalue weighted by atomic mass is 9.91. The fraction of sp³-hybridized carbons (Fsp3) is 0.200. The zero-order valence-electron chi connectivity index (χ0n) is 13.1. The van der Waals surface area contributed by atoms with E-state index in [4.69, 9.17) is 4.74 Å². The van der Waals surface area contributed by atoms with Gasteiger partial charge in [0.25, 0.3) is 0 Å². The average Bonchev–Trinajstić information content (AvgIpc) is 3.15. The summed E-state index contributed by atoms with van der Waals surface area (Å²) in [4.78, 5) is 3.90. The number of rotatable bonds is 3. The fourth-order valence-electron chi connectivity index (χ4n) is 3.38. The zero-order chi connectivity index (χ0) is 15.6. The number of nitrogens with zero attached hydrogens (tertiary/aromatic N) is 1. The third-order valence-electron chi connectivity index (χ3n) is 4.48. The number of anilines is 1. The number of thiophene rings is 1. The van der Waals surface area contributed by atoms with Crippen LogP contribution < -0.4 is 9.64 Å². The summed E-state index contributed by atoms with van der Waals surface area (Å²) in [5.74, 6) is 0.946. The topological polar surface area (TPSA) is 12.5 Å². The van der Waals surface area contributed by atoms with Crippen LogP contribution in [0.5, 0.6) is 5.75 Å². The van der Waals surface area contributed by atoms with Gasteiger partial charge in [0.2, 0.25) is 0 Å². The molecule has 2 aromatic carbocycles. The van der Waals surface area contributed by atoms with Gasteiger partial charge < -0.3 is 9.64 Å². The number of fused-ring (bicyclic) bond motifs is 1. The van der Waals surface area contributed by atoms with E-state index in [1.54, 1.807) is 7.11 Å². The number of hydrogen-bond acceptors (Lipinski definition) is 3. The Morgan fingerprint density at radius 3 is 2.65 bits per heavy atom. The van der Waals surface area contributed by atoms with E-state index in [1.165, 1.54) is 21.7 Å². The van der Waals surface area contributed by atoms with Gasteiger partial charge in [-0.05, 0) is 53.3 Å². The molecular weight excluding hydrogens is 302 g/mol. The highest BCUT2D eigenvalue weighted by atomic mass is 32.1. The Hall–Kier alpha value is -2.26. The van der Waals surface area contributed by atoms with Gasteiger partial charge in [-0.15, -0.1) is 11.3 Å². The molecule has 3 aromatic rings. The Labute approximate surface area is 141 Å². The first-order valence-electron chi connectivity index (χ1n) is 7.89. The first kappa shape index (κ1) is 14.3. The molecule has 0 aliphatic carbocycles. The van der Waals surface area contributed by atoms with Gasteiger partial charge in [0.1, 0.15) is 5.75 Å². The molecule has 1 aliphatic rings. The smallest absolute Gasteiger partial charge is 0.119 e. The third kappa shape index (κ3) is 2.62. The van der Waals surface area contributed by atoms with Crippen molar-refractivity contribution in [1.82, 2.24) is 0 Å². The SMILES string of the molecule is COc1ccc2c(c1)CCN(c1ccccc1)C2c1cccs1. The first-order valence-corrected chi connectivity index (χ1v) is 8.76. The van der Waals surface area contributed by atoms with E-state index in [2.05, 4.69) is 70.9 Å². The number of para-hydroxylation sites is 1. The van der Waals surface area contributed by atoms with Crippen molar-refractivity contribution in [2.45, 2.75) is 12.5 Å². The van der Waals surface area contributed by atoms with E-state index >= 15 is 0 Å². The van der Waals surface area contributed by atoms with E-state index in [1.807, 2.05) is 11.3 Å². The molecule has 0 fully saturated rings. The van der Waals surface area contributed by atoms with E-state index in [-0.39, 0.29) is 6.04 Å². The van der Waals surface area contributed by atoms with Crippen LogP contribution in [-0.4, -0.2) is 13.7 Å². The van der Waals surface area contributed by atoms with Crippen molar-refractivity contribution in [2.75, 3.05) is 18.6 Å². The molecule has 1 atom stereocenters. The van der Waals surface area contributed by atoms with Crippen LogP contribution in [0, 0.1) is 0 Å². The van der Waals surface area contributed by atoms with Crippen LogP contribution in [0.4, 0.5) is 5.69 Å². The molecule has 2 heterocycles. The summed E-state index contributed by atoms with van der Waals surface area (Å²) < 4.78 is 5.41. The summed E-state index contributed by atoms with van der Waals surface area (Å²) in [5, 5.41) is 2.16. The second-order valence-electron chi connectivity index (χ2n) is 5.76. The van der Waals surface area contributed by atoms with Crippen LogP contribution in [0.15, 0.2) is 66.0 Å². The Balaban J connectivity index is 1.83. The maximum Gasteiger partial charge on any atom is 0.119 e. The van der Waals surface area contributed by atoms with Crippen molar-refractivity contribution in [3.05, 3.63) is 82.0 Å². The lowest BCUT2D eigenvalue weighted by Crippen LogP contribution is -2.35. The zero-order valence-corrected chi connectivity index (χ0v) is 13.9. The second-order valence-corrected chi connectivity index (χ2v) is 6.74. The number of methoxy groups -OCH3 is 1. The maximum absolute atomic E-state index is 5.41. The van der Waals surface area contributed by atoms with Crippen LogP contribution in [0.1, 0.15) is 22.0 Å². The van der Waals surface area contributed by atoms with Gasteiger partial charge in [-0.25, -0.2) is 0 Å². The molecule has 0 N–H and O–H groups in total. The Morgan fingerprint density at radius 2 is 1.91 bits per heavy atom. The molecule has 116 valence electrons. The fourth-order valence-corrected chi connectivity index (χ4v) is 4.24. The van der Waals surface area contributed by atoms with Crippen LogP contribution in [0.3, 0.4) is 0 Å². The van der Waals surface area contributed by atoms with E-state index in [0.717, 1.165) is 18.7 Å². The normalized spacial score (nSPS) is 16.9. The average molecular weight is 321 g/mol. The predicted octanol–water partition coefficient (Wildman–Crippen LogP) is 4.91. The predicted molar refractivity (Wildman–Crippen MR) is 96.6 cm³/mol. The van der Waals surface area contributed by atoms with Crippen molar-refractivity contribution < 1.29 is 4.74 Å². The molecule has 2 nitrogen and oxygen atoms in total. The third-order valence-corrected chi connectivity index (χ3v) is 5.40. The molecule has 0 bridgehead atoms. The standard InChI is InChI=1S/C20H19NOS/c1-22-17-9-10-18-15(14-17)11-12-21(16-6-3-2-4-7-16)20(18)19-8-5-13-23-19/h2-10,13-14,20H,11-12H2,1H3. The van der Waals surface area contributed by atoms with Gasteiger partial charge in [-0.2, -0.15) is 0 Å². The minimum atomic E-state index is 0.284. The van der Waals surface area contributed by atoms with Crippen LogP contribution in [0.25, 0.3) is 0 Å². The summed E-state index contributed by atoms with van der Waals surface area (Å²) in [6, 6.07) is 21.9. The Kier molecular flexibility index (Phi) is 3.80. The van der Waals surface area contributed by atoms with Crippen molar-refractivity contribution in [1.29, 1.82) is 0 Å².